The predicted molar refractivity (Wildman–Crippen MR) is 288 cm³/mol. The van der Waals surface area contributed by atoms with Crippen LogP contribution in [0.4, 0.5) is 28.4 Å². The summed E-state index contributed by atoms with van der Waals surface area (Å²) in [7, 11) is -0.937. The Hall–Kier alpha value is -8.37. The predicted octanol–water partition coefficient (Wildman–Crippen LogP) is 10.8. The van der Waals surface area contributed by atoms with Crippen molar-refractivity contribution in [2.75, 3.05) is 28.4 Å². The van der Waals surface area contributed by atoms with E-state index in [9.17, 15) is 14.7 Å². The number of ether oxygens (including phenoxy) is 4. The maximum Gasteiger partial charge on any atom is 0.266 e. The van der Waals surface area contributed by atoms with E-state index >= 15 is 4.79 Å². The van der Waals surface area contributed by atoms with Crippen LogP contribution in [-0.2, 0) is 34.6 Å². The smallest absolute Gasteiger partial charge is 0.266 e. The highest BCUT2D eigenvalue weighted by atomic mass is 28.3. The third-order valence-corrected chi connectivity index (χ3v) is 19.8. The van der Waals surface area contributed by atoms with E-state index < -0.39 is 19.8 Å². The van der Waals surface area contributed by atoms with Gasteiger partial charge in [0.25, 0.3) is 17.7 Å². The molecular formula is C60H54N6O8Si. The number of amides is 3. The summed E-state index contributed by atoms with van der Waals surface area (Å²) in [5.41, 5.74) is 4.27. The Kier molecular flexibility index (Phi) is 12.0. The van der Waals surface area contributed by atoms with E-state index in [4.69, 9.17) is 18.9 Å². The molecule has 8 aromatic rings. The van der Waals surface area contributed by atoms with Crippen LogP contribution in [0, 0.1) is 5.92 Å². The number of hydrogen-bond acceptors (Lipinski definition) is 10. The first kappa shape index (κ1) is 47.6. The first-order chi connectivity index (χ1) is 36.5. The van der Waals surface area contributed by atoms with Gasteiger partial charge >= 0.3 is 0 Å². The van der Waals surface area contributed by atoms with Gasteiger partial charge in [0.1, 0.15) is 17.2 Å². The van der Waals surface area contributed by atoms with Gasteiger partial charge in [0.05, 0.1) is 61.7 Å². The molecule has 1 aromatic heterocycles. The molecule has 1 N–H and O–H groups in total. The first-order valence-electron chi connectivity index (χ1n) is 25.3. The minimum absolute atomic E-state index is 0.0412. The molecule has 5 heterocycles. The second kappa shape index (κ2) is 18.8. The van der Waals surface area contributed by atoms with Gasteiger partial charge in [0.2, 0.25) is 0 Å². The largest absolute Gasteiger partial charge is 0.497 e. The quantitative estimate of drug-likeness (QED) is 0.117. The van der Waals surface area contributed by atoms with Crippen LogP contribution in [0.5, 0.6) is 28.7 Å². The number of hydrogen-bond donors (Lipinski definition) is 1. The van der Waals surface area contributed by atoms with E-state index in [0.29, 0.717) is 93.2 Å². The van der Waals surface area contributed by atoms with Crippen LogP contribution in [0.3, 0.4) is 0 Å². The van der Waals surface area contributed by atoms with Crippen molar-refractivity contribution >= 4 is 59.4 Å². The summed E-state index contributed by atoms with van der Waals surface area (Å²) in [6, 6.07) is 51.1. The van der Waals surface area contributed by atoms with Gasteiger partial charge in [-0.2, -0.15) is 0 Å². The molecule has 1 fully saturated rings. The molecule has 0 unspecified atom stereocenters. The third kappa shape index (κ3) is 7.97. The number of fused-ring (bicyclic) bond motifs is 6. The molecule has 75 heavy (non-hydrogen) atoms. The number of aliphatic hydroxyl groups is 1. The second-order valence-electron chi connectivity index (χ2n) is 20.1. The number of carbonyl (C=O) groups is 3. The molecule has 7 aromatic carbocycles. The molecule has 1 spiro atoms. The SMILES string of the molecule is COc1ccc([Si](C)(C)[C@@H]2[C@@H](CCn3cc(CCO)nn3)O[C@]3(C(=O)N(Cc4cccc(N5C(=O)c6ccccc6Oc6ccccc65)c4)c4ccc(N5C(=O)c6ccccc6Oc6ccccc65)cc43)[C@H]2C)cc1. The number of anilines is 5. The molecule has 0 bridgehead atoms. The van der Waals surface area contributed by atoms with E-state index in [1.807, 2.05) is 138 Å². The lowest BCUT2D eigenvalue weighted by Crippen LogP contribution is -2.51. The highest BCUT2D eigenvalue weighted by Gasteiger charge is 2.66. The van der Waals surface area contributed by atoms with E-state index in [1.165, 1.54) is 5.19 Å². The maximum atomic E-state index is 16.3. The monoisotopic (exact) mass is 1010 g/mol. The van der Waals surface area contributed by atoms with Crippen molar-refractivity contribution in [2.24, 2.45) is 5.92 Å². The van der Waals surface area contributed by atoms with Gasteiger partial charge in [-0.25, -0.2) is 0 Å². The number of benzene rings is 7. The van der Waals surface area contributed by atoms with E-state index in [0.717, 1.165) is 11.3 Å². The third-order valence-electron chi connectivity index (χ3n) is 15.5. The molecule has 4 aliphatic heterocycles. The summed E-state index contributed by atoms with van der Waals surface area (Å²) in [5.74, 6) is 1.58. The summed E-state index contributed by atoms with van der Waals surface area (Å²) >= 11 is 0. The van der Waals surface area contributed by atoms with E-state index in [-0.39, 0.29) is 42.3 Å². The van der Waals surface area contributed by atoms with Gasteiger partial charge in [0.15, 0.2) is 17.1 Å². The molecule has 376 valence electrons. The zero-order chi connectivity index (χ0) is 51.6. The number of carbonyl (C=O) groups excluding carboxylic acids is 3. The van der Waals surface area contributed by atoms with Crippen molar-refractivity contribution in [3.63, 3.8) is 0 Å². The number of nitrogens with zero attached hydrogens (tertiary/aromatic N) is 6. The molecule has 15 heteroatoms. The summed E-state index contributed by atoms with van der Waals surface area (Å²) in [5, 5.41) is 19.6. The number of methoxy groups -OCH3 is 1. The van der Waals surface area contributed by atoms with Crippen LogP contribution >= 0.6 is 0 Å². The lowest BCUT2D eigenvalue weighted by Gasteiger charge is -2.37. The van der Waals surface area contributed by atoms with Crippen LogP contribution in [0.15, 0.2) is 170 Å². The van der Waals surface area contributed by atoms with E-state index in [1.54, 1.807) is 45.9 Å². The summed E-state index contributed by atoms with van der Waals surface area (Å²) in [6.07, 6.45) is 2.32. The van der Waals surface area contributed by atoms with Crippen molar-refractivity contribution < 1.29 is 38.4 Å². The molecule has 14 nitrogen and oxygen atoms in total. The van der Waals surface area contributed by atoms with Crippen LogP contribution < -0.4 is 34.1 Å². The first-order valence-corrected chi connectivity index (χ1v) is 28.3. The molecule has 0 aliphatic carbocycles. The zero-order valence-electron chi connectivity index (χ0n) is 41.9. The Morgan fingerprint density at radius 1 is 0.680 bits per heavy atom. The average Bonchev–Trinajstić information content (AvgIpc) is 4.08. The Morgan fingerprint density at radius 2 is 1.28 bits per heavy atom. The highest BCUT2D eigenvalue weighted by molar-refractivity contribution is 6.91. The summed E-state index contributed by atoms with van der Waals surface area (Å²) in [4.78, 5) is 51.0. The Balaban J connectivity index is 0.997. The van der Waals surface area contributed by atoms with Crippen molar-refractivity contribution in [3.05, 3.63) is 198 Å². The van der Waals surface area contributed by atoms with Gasteiger partial charge in [0, 0.05) is 48.6 Å². The van der Waals surface area contributed by atoms with Crippen LogP contribution in [0.1, 0.15) is 50.9 Å². The molecule has 12 rings (SSSR count). The molecule has 4 aliphatic rings. The number of aryl methyl sites for hydroxylation is 1. The maximum absolute atomic E-state index is 16.3. The van der Waals surface area contributed by atoms with Gasteiger partial charge in [-0.05, 0) is 109 Å². The van der Waals surface area contributed by atoms with Crippen molar-refractivity contribution in [1.29, 1.82) is 0 Å². The molecule has 4 atom stereocenters. The topological polar surface area (TPSA) is 149 Å². The Labute approximate surface area is 435 Å². The molecule has 0 saturated carbocycles. The number of rotatable bonds is 12. The van der Waals surface area contributed by atoms with E-state index in [2.05, 4.69) is 42.5 Å². The Bertz CT molecular complexity index is 3550. The highest BCUT2D eigenvalue weighted by Crippen LogP contribution is 2.61. The minimum atomic E-state index is -2.59. The van der Waals surface area contributed by atoms with Crippen LogP contribution in [0.25, 0.3) is 0 Å². The fourth-order valence-corrected chi connectivity index (χ4v) is 16.0. The van der Waals surface area contributed by atoms with Gasteiger partial charge in [-0.3, -0.25) is 28.9 Å². The standard InChI is InChI=1S/C60H54N6O8Si/c1-38-56(75(3,4)44-27-25-43(71-2)26-28-44)55(30-32-63-37-40(31-33-67)61-62-63)74-60(38)47-35-42(66-50-19-8-12-23-54(50)73-52-21-10-6-17-46(52)58(66)69)24-29-48(47)64(59(60)70)36-39-14-13-15-41(34-39)65-49-18-7-11-22-53(49)72-51-20-9-5-16-45(51)57(65)68/h5-29,34-35,37-38,55-56,67H,30-33,36H2,1-4H3/t38-,55+,56-,60+/m0/s1. The molecule has 0 radical (unpaired) electrons. The van der Waals surface area contributed by atoms with Crippen molar-refractivity contribution in [2.45, 2.75) is 63.2 Å². The normalized spacial score (nSPS) is 19.6. The molecule has 1 saturated heterocycles. The lowest BCUT2D eigenvalue weighted by atomic mass is 9.82. The number of aromatic nitrogens is 3. The van der Waals surface area contributed by atoms with Crippen LogP contribution in [0.2, 0.25) is 18.6 Å². The minimum Gasteiger partial charge on any atom is -0.497 e. The van der Waals surface area contributed by atoms with Gasteiger partial charge in [-0.1, -0.05) is 103 Å². The molecular weight excluding hydrogens is 961 g/mol. The van der Waals surface area contributed by atoms with Crippen molar-refractivity contribution in [1.82, 2.24) is 15.0 Å². The summed E-state index contributed by atoms with van der Waals surface area (Å²) < 4.78 is 27.8. The number of para-hydroxylation sites is 6. The van der Waals surface area contributed by atoms with Crippen molar-refractivity contribution in [3.8, 4) is 28.7 Å². The number of aliphatic hydroxyl groups excluding tert-OH is 1. The fourth-order valence-electron chi connectivity index (χ4n) is 11.9. The van der Waals surface area contributed by atoms with Gasteiger partial charge in [-0.15, -0.1) is 5.10 Å². The summed E-state index contributed by atoms with van der Waals surface area (Å²) in [6.45, 7) is 7.39. The fraction of sp³-hybridized carbons (Fsp3) is 0.217. The lowest BCUT2D eigenvalue weighted by molar-refractivity contribution is -0.146. The molecule has 3 amide bonds. The Morgan fingerprint density at radius 3 is 1.91 bits per heavy atom. The average molecular weight is 1020 g/mol. The van der Waals surface area contributed by atoms with Crippen LogP contribution in [-0.4, -0.2) is 65.7 Å². The second-order valence-corrected chi connectivity index (χ2v) is 24.8. The van der Waals surface area contributed by atoms with Gasteiger partial charge < -0.3 is 29.0 Å². The zero-order valence-corrected chi connectivity index (χ0v) is 42.9.